The van der Waals surface area contributed by atoms with Gasteiger partial charge in [0, 0.05) is 19.1 Å². The maximum Gasteiger partial charge on any atom is 0.328 e. The van der Waals surface area contributed by atoms with Crippen LogP contribution < -0.4 is 10.6 Å². The fourth-order valence-electron chi connectivity index (χ4n) is 2.87. The van der Waals surface area contributed by atoms with Crippen molar-refractivity contribution in [3.8, 4) is 0 Å². The smallest absolute Gasteiger partial charge is 0.328 e. The number of hydrogen-bond donors (Lipinski definition) is 2. The summed E-state index contributed by atoms with van der Waals surface area (Å²) < 4.78 is 10.0. The first-order chi connectivity index (χ1) is 11.9. The molecule has 25 heavy (non-hydrogen) atoms. The molecule has 144 valence electrons. The van der Waals surface area contributed by atoms with Crippen molar-refractivity contribution in [3.63, 3.8) is 0 Å². The van der Waals surface area contributed by atoms with Crippen LogP contribution in [0.25, 0.3) is 0 Å². The lowest BCUT2D eigenvalue weighted by Crippen LogP contribution is -2.55. The molecule has 0 radical (unpaired) electrons. The first-order valence-corrected chi connectivity index (χ1v) is 9.20. The van der Waals surface area contributed by atoms with E-state index in [2.05, 4.69) is 10.6 Å². The molecule has 1 saturated heterocycles. The van der Waals surface area contributed by atoms with Crippen LogP contribution in [0.1, 0.15) is 52.9 Å². The predicted molar refractivity (Wildman–Crippen MR) is 93.8 cm³/mol. The molecule has 0 bridgehead atoms. The summed E-state index contributed by atoms with van der Waals surface area (Å²) in [7, 11) is 1.30. The van der Waals surface area contributed by atoms with Gasteiger partial charge in [0.25, 0.3) is 0 Å². The zero-order chi connectivity index (χ0) is 18.8. The summed E-state index contributed by atoms with van der Waals surface area (Å²) in [5, 5.41) is 5.62. The number of rotatable bonds is 9. The van der Waals surface area contributed by atoms with Gasteiger partial charge in [-0.3, -0.25) is 9.59 Å². The maximum absolute atomic E-state index is 12.7. The van der Waals surface area contributed by atoms with Gasteiger partial charge in [-0.1, -0.05) is 33.6 Å². The second-order valence-corrected chi connectivity index (χ2v) is 6.63. The van der Waals surface area contributed by atoms with Crippen molar-refractivity contribution in [2.45, 2.75) is 65.0 Å². The summed E-state index contributed by atoms with van der Waals surface area (Å²) in [6.07, 6.45) is 3.31. The summed E-state index contributed by atoms with van der Waals surface area (Å²) in [5.41, 5.74) is 0. The van der Waals surface area contributed by atoms with E-state index >= 15 is 0 Å². The van der Waals surface area contributed by atoms with E-state index in [0.29, 0.717) is 32.5 Å². The van der Waals surface area contributed by atoms with Crippen LogP contribution in [0.5, 0.6) is 0 Å². The molecule has 0 spiro atoms. The summed E-state index contributed by atoms with van der Waals surface area (Å²) in [5.74, 6) is -1.08. The molecule has 1 unspecified atom stereocenters. The molecule has 2 N–H and O–H groups in total. The average Bonchev–Trinajstić information content (AvgIpc) is 2.64. The van der Waals surface area contributed by atoms with Crippen LogP contribution in [0.2, 0.25) is 0 Å². The van der Waals surface area contributed by atoms with Crippen LogP contribution >= 0.6 is 0 Å². The van der Waals surface area contributed by atoms with Gasteiger partial charge in [0.2, 0.25) is 11.8 Å². The van der Waals surface area contributed by atoms with Crippen molar-refractivity contribution in [2.75, 3.05) is 20.3 Å². The van der Waals surface area contributed by atoms with Crippen molar-refractivity contribution >= 4 is 17.8 Å². The minimum absolute atomic E-state index is 0.0382. The SMILES string of the molecule is CCCC(NC(=O)[C@@H](NC(=O)C1CCOCC1)[C@@H](C)CC)C(=O)OC. The molecule has 1 fully saturated rings. The Morgan fingerprint density at radius 1 is 1.16 bits per heavy atom. The largest absolute Gasteiger partial charge is 0.467 e. The molecule has 0 aromatic heterocycles. The Balaban J connectivity index is 2.76. The number of amides is 2. The summed E-state index contributed by atoms with van der Waals surface area (Å²) >= 11 is 0. The Kier molecular flexibility index (Phi) is 9.49. The second-order valence-electron chi connectivity index (χ2n) is 6.63. The molecule has 7 nitrogen and oxygen atoms in total. The third-order valence-electron chi connectivity index (χ3n) is 4.76. The van der Waals surface area contributed by atoms with Crippen LogP contribution in [-0.2, 0) is 23.9 Å². The summed E-state index contributed by atoms with van der Waals surface area (Å²) in [6, 6.07) is -1.35. The van der Waals surface area contributed by atoms with E-state index in [1.165, 1.54) is 7.11 Å². The van der Waals surface area contributed by atoms with Gasteiger partial charge < -0.3 is 20.1 Å². The van der Waals surface area contributed by atoms with Crippen molar-refractivity contribution < 1.29 is 23.9 Å². The molecule has 0 aliphatic carbocycles. The Bertz CT molecular complexity index is 449. The van der Waals surface area contributed by atoms with Gasteiger partial charge in [0.15, 0.2) is 0 Å². The Morgan fingerprint density at radius 3 is 2.32 bits per heavy atom. The van der Waals surface area contributed by atoms with E-state index in [0.717, 1.165) is 12.8 Å². The summed E-state index contributed by atoms with van der Waals surface area (Å²) in [6.45, 7) is 6.95. The number of carbonyl (C=O) groups is 3. The highest BCUT2D eigenvalue weighted by atomic mass is 16.5. The number of methoxy groups -OCH3 is 1. The molecule has 0 aromatic carbocycles. The second kappa shape index (κ2) is 11.1. The Morgan fingerprint density at radius 2 is 1.80 bits per heavy atom. The Labute approximate surface area is 150 Å². The first kappa shape index (κ1) is 21.4. The van der Waals surface area contributed by atoms with Gasteiger partial charge >= 0.3 is 5.97 Å². The highest BCUT2D eigenvalue weighted by Gasteiger charge is 2.32. The lowest BCUT2D eigenvalue weighted by atomic mass is 9.94. The lowest BCUT2D eigenvalue weighted by Gasteiger charge is -2.28. The fraction of sp³-hybridized carbons (Fsp3) is 0.833. The monoisotopic (exact) mass is 356 g/mol. The molecular weight excluding hydrogens is 324 g/mol. The van der Waals surface area contributed by atoms with E-state index in [1.54, 1.807) is 0 Å². The van der Waals surface area contributed by atoms with Gasteiger partial charge in [-0.05, 0) is 25.2 Å². The molecule has 1 aliphatic rings. The minimum Gasteiger partial charge on any atom is -0.467 e. The molecule has 7 heteroatoms. The quantitative estimate of drug-likeness (QED) is 0.609. The van der Waals surface area contributed by atoms with Crippen LogP contribution in [0.3, 0.4) is 0 Å². The zero-order valence-corrected chi connectivity index (χ0v) is 15.8. The van der Waals surface area contributed by atoms with Crippen molar-refractivity contribution in [3.05, 3.63) is 0 Å². The average molecular weight is 356 g/mol. The zero-order valence-electron chi connectivity index (χ0n) is 15.8. The highest BCUT2D eigenvalue weighted by Crippen LogP contribution is 2.17. The summed E-state index contributed by atoms with van der Waals surface area (Å²) in [4.78, 5) is 37.0. The fourth-order valence-corrected chi connectivity index (χ4v) is 2.87. The van der Waals surface area contributed by atoms with Crippen LogP contribution in [0, 0.1) is 11.8 Å². The molecule has 0 saturated carbocycles. The highest BCUT2D eigenvalue weighted by molar-refractivity contribution is 5.91. The molecule has 1 aliphatic heterocycles. The number of hydrogen-bond acceptors (Lipinski definition) is 5. The first-order valence-electron chi connectivity index (χ1n) is 9.20. The number of esters is 1. The predicted octanol–water partition coefficient (Wildman–Crippen LogP) is 1.40. The molecule has 3 atom stereocenters. The Hall–Kier alpha value is -1.63. The van der Waals surface area contributed by atoms with E-state index in [1.807, 2.05) is 20.8 Å². The number of ether oxygens (including phenoxy) is 2. The lowest BCUT2D eigenvalue weighted by molar-refractivity contribution is -0.146. The molecule has 2 amide bonds. The number of carbonyl (C=O) groups excluding carboxylic acids is 3. The van der Waals surface area contributed by atoms with E-state index in [4.69, 9.17) is 9.47 Å². The van der Waals surface area contributed by atoms with Gasteiger partial charge in [-0.2, -0.15) is 0 Å². The van der Waals surface area contributed by atoms with E-state index in [9.17, 15) is 14.4 Å². The van der Waals surface area contributed by atoms with Crippen molar-refractivity contribution in [1.82, 2.24) is 10.6 Å². The molecule has 1 rings (SSSR count). The topological polar surface area (TPSA) is 93.7 Å². The van der Waals surface area contributed by atoms with Crippen LogP contribution in [-0.4, -0.2) is 50.2 Å². The van der Waals surface area contributed by atoms with E-state index < -0.39 is 18.1 Å². The van der Waals surface area contributed by atoms with Crippen LogP contribution in [0.15, 0.2) is 0 Å². The van der Waals surface area contributed by atoms with Crippen LogP contribution in [0.4, 0.5) is 0 Å². The molecule has 0 aromatic rings. The third-order valence-corrected chi connectivity index (χ3v) is 4.76. The molecular formula is C18H32N2O5. The third kappa shape index (κ3) is 6.65. The minimum atomic E-state index is -0.686. The maximum atomic E-state index is 12.7. The standard InChI is InChI=1S/C18H32N2O5/c1-5-7-14(18(23)24-4)19-17(22)15(12(3)6-2)20-16(21)13-8-10-25-11-9-13/h12-15H,5-11H2,1-4H3,(H,19,22)(H,20,21)/t12-,14?,15-/m0/s1. The van der Waals surface area contributed by atoms with Gasteiger partial charge in [0.05, 0.1) is 7.11 Å². The van der Waals surface area contributed by atoms with Gasteiger partial charge in [-0.25, -0.2) is 4.79 Å². The normalized spacial score (nSPS) is 18.7. The van der Waals surface area contributed by atoms with Gasteiger partial charge in [0.1, 0.15) is 12.1 Å². The van der Waals surface area contributed by atoms with Crippen molar-refractivity contribution in [2.24, 2.45) is 11.8 Å². The van der Waals surface area contributed by atoms with E-state index in [-0.39, 0.29) is 23.7 Å². The van der Waals surface area contributed by atoms with Crippen molar-refractivity contribution in [1.29, 1.82) is 0 Å². The van der Waals surface area contributed by atoms with Gasteiger partial charge in [-0.15, -0.1) is 0 Å². The number of nitrogens with one attached hydrogen (secondary N) is 2. The molecule has 1 heterocycles.